The predicted octanol–water partition coefficient (Wildman–Crippen LogP) is 3.58. The van der Waals surface area contributed by atoms with Crippen molar-refractivity contribution in [3.63, 3.8) is 0 Å². The van der Waals surface area contributed by atoms with Gasteiger partial charge in [-0.1, -0.05) is 22.0 Å². The van der Waals surface area contributed by atoms with E-state index in [-0.39, 0.29) is 5.82 Å². The molecule has 2 aromatic rings. The van der Waals surface area contributed by atoms with E-state index in [1.165, 1.54) is 12.1 Å². The number of nitrogens with one attached hydrogen (secondary N) is 1. The summed E-state index contributed by atoms with van der Waals surface area (Å²) in [7, 11) is 0. The number of halogens is 2. The first-order valence-corrected chi connectivity index (χ1v) is 6.49. The Kier molecular flexibility index (Phi) is 4.44. The Hall–Kier alpha value is -1.26. The van der Waals surface area contributed by atoms with E-state index in [9.17, 15) is 4.39 Å². The van der Waals surface area contributed by atoms with Gasteiger partial charge in [-0.25, -0.2) is 4.39 Å². The molecule has 2 rings (SSSR count). The van der Waals surface area contributed by atoms with Crippen LogP contribution in [0.3, 0.4) is 0 Å². The van der Waals surface area contributed by atoms with Gasteiger partial charge in [0.1, 0.15) is 5.82 Å². The fourth-order valence-electron chi connectivity index (χ4n) is 1.73. The van der Waals surface area contributed by atoms with E-state index in [0.717, 1.165) is 27.7 Å². The van der Waals surface area contributed by atoms with Gasteiger partial charge < -0.3 is 5.32 Å². The van der Waals surface area contributed by atoms with Crippen LogP contribution in [0.2, 0.25) is 0 Å². The first kappa shape index (κ1) is 13.2. The predicted molar refractivity (Wildman–Crippen MR) is 73.6 cm³/mol. The lowest BCUT2D eigenvalue weighted by atomic mass is 10.2. The third-order valence-electron chi connectivity index (χ3n) is 2.58. The third-order valence-corrected chi connectivity index (χ3v) is 3.36. The fraction of sp³-hybridized carbons (Fsp3) is 0.214. The van der Waals surface area contributed by atoms with Crippen molar-refractivity contribution in [1.82, 2.24) is 10.3 Å². The molecule has 1 aromatic carbocycles. The van der Waals surface area contributed by atoms with E-state index >= 15 is 0 Å². The average Bonchev–Trinajstić information content (AvgIpc) is 2.34. The van der Waals surface area contributed by atoms with Crippen molar-refractivity contribution in [3.05, 3.63) is 63.6 Å². The van der Waals surface area contributed by atoms with Gasteiger partial charge >= 0.3 is 0 Å². The van der Waals surface area contributed by atoms with Crippen LogP contribution in [0.1, 0.15) is 16.7 Å². The number of nitrogens with zero attached hydrogens (tertiary/aromatic N) is 1. The summed E-state index contributed by atoms with van der Waals surface area (Å²) in [5, 5.41) is 3.28. The SMILES string of the molecule is Cc1cncc(CNCc2cc(F)ccc2Br)c1. The summed E-state index contributed by atoms with van der Waals surface area (Å²) < 4.78 is 14.0. The smallest absolute Gasteiger partial charge is 0.123 e. The Labute approximate surface area is 114 Å². The average molecular weight is 309 g/mol. The van der Waals surface area contributed by atoms with Crippen molar-refractivity contribution in [2.24, 2.45) is 0 Å². The number of hydrogen-bond acceptors (Lipinski definition) is 2. The van der Waals surface area contributed by atoms with Gasteiger partial charge in [-0.3, -0.25) is 4.98 Å². The molecule has 0 aliphatic rings. The molecule has 0 aliphatic carbocycles. The highest BCUT2D eigenvalue weighted by Gasteiger charge is 2.01. The first-order chi connectivity index (χ1) is 8.65. The lowest BCUT2D eigenvalue weighted by molar-refractivity contribution is 0.619. The number of hydrogen-bond donors (Lipinski definition) is 1. The highest BCUT2D eigenvalue weighted by Crippen LogP contribution is 2.17. The maximum absolute atomic E-state index is 13.1. The number of aromatic nitrogens is 1. The van der Waals surface area contributed by atoms with Crippen molar-refractivity contribution in [1.29, 1.82) is 0 Å². The molecule has 0 fully saturated rings. The van der Waals surface area contributed by atoms with E-state index in [1.807, 2.05) is 19.3 Å². The molecule has 0 amide bonds. The summed E-state index contributed by atoms with van der Waals surface area (Å²) in [6.45, 7) is 3.35. The maximum atomic E-state index is 13.1. The first-order valence-electron chi connectivity index (χ1n) is 5.70. The van der Waals surface area contributed by atoms with E-state index in [4.69, 9.17) is 0 Å². The summed E-state index contributed by atoms with van der Waals surface area (Å²) in [6.07, 6.45) is 3.66. The van der Waals surface area contributed by atoms with Crippen molar-refractivity contribution in [3.8, 4) is 0 Å². The van der Waals surface area contributed by atoms with Gasteiger partial charge in [0.25, 0.3) is 0 Å². The third kappa shape index (κ3) is 3.62. The Bertz CT molecular complexity index is 543. The van der Waals surface area contributed by atoms with E-state index in [1.54, 1.807) is 6.07 Å². The molecule has 1 aromatic heterocycles. The Balaban J connectivity index is 1.94. The van der Waals surface area contributed by atoms with Gasteiger partial charge in [-0.15, -0.1) is 0 Å². The second kappa shape index (κ2) is 6.07. The van der Waals surface area contributed by atoms with Gasteiger partial charge in [0.05, 0.1) is 0 Å². The van der Waals surface area contributed by atoms with Crippen LogP contribution in [0.4, 0.5) is 4.39 Å². The number of pyridine rings is 1. The lowest BCUT2D eigenvalue weighted by Gasteiger charge is -2.07. The largest absolute Gasteiger partial charge is 0.309 e. The molecule has 18 heavy (non-hydrogen) atoms. The van der Waals surface area contributed by atoms with Crippen LogP contribution >= 0.6 is 15.9 Å². The molecule has 1 heterocycles. The van der Waals surface area contributed by atoms with Crippen molar-refractivity contribution in [2.75, 3.05) is 0 Å². The summed E-state index contributed by atoms with van der Waals surface area (Å²) >= 11 is 3.41. The zero-order valence-electron chi connectivity index (χ0n) is 10.1. The molecular formula is C14H14BrFN2. The Morgan fingerprint density at radius 1 is 1.22 bits per heavy atom. The minimum atomic E-state index is -0.216. The summed E-state index contributed by atoms with van der Waals surface area (Å²) in [5.41, 5.74) is 3.18. The Morgan fingerprint density at radius 3 is 2.83 bits per heavy atom. The van der Waals surface area contributed by atoms with Crippen LogP contribution in [-0.4, -0.2) is 4.98 Å². The van der Waals surface area contributed by atoms with Crippen molar-refractivity contribution >= 4 is 15.9 Å². The Morgan fingerprint density at radius 2 is 2.06 bits per heavy atom. The van der Waals surface area contributed by atoms with Crippen LogP contribution in [0, 0.1) is 12.7 Å². The zero-order chi connectivity index (χ0) is 13.0. The van der Waals surface area contributed by atoms with Crippen molar-refractivity contribution in [2.45, 2.75) is 20.0 Å². The molecule has 0 aliphatic heterocycles. The molecule has 0 saturated carbocycles. The molecule has 0 atom stereocenters. The molecule has 4 heteroatoms. The maximum Gasteiger partial charge on any atom is 0.123 e. The summed E-state index contributed by atoms with van der Waals surface area (Å²) in [4.78, 5) is 4.13. The van der Waals surface area contributed by atoms with E-state index < -0.39 is 0 Å². The minimum absolute atomic E-state index is 0.216. The molecule has 0 bridgehead atoms. The van der Waals surface area contributed by atoms with Crippen LogP contribution in [-0.2, 0) is 13.1 Å². The monoisotopic (exact) mass is 308 g/mol. The molecule has 0 saturated heterocycles. The molecule has 0 radical (unpaired) electrons. The number of benzene rings is 1. The number of aryl methyl sites for hydroxylation is 1. The van der Waals surface area contributed by atoms with Gasteiger partial charge in [-0.05, 0) is 41.8 Å². The van der Waals surface area contributed by atoms with E-state index in [2.05, 4.69) is 32.3 Å². The lowest BCUT2D eigenvalue weighted by Crippen LogP contribution is -2.13. The van der Waals surface area contributed by atoms with Gasteiger partial charge in [0, 0.05) is 30.0 Å². The van der Waals surface area contributed by atoms with Crippen molar-refractivity contribution < 1.29 is 4.39 Å². The molecule has 1 N–H and O–H groups in total. The minimum Gasteiger partial charge on any atom is -0.309 e. The fourth-order valence-corrected chi connectivity index (χ4v) is 2.12. The van der Waals surface area contributed by atoms with Gasteiger partial charge in [-0.2, -0.15) is 0 Å². The van der Waals surface area contributed by atoms with E-state index in [0.29, 0.717) is 6.54 Å². The normalized spacial score (nSPS) is 10.6. The quantitative estimate of drug-likeness (QED) is 0.934. The topological polar surface area (TPSA) is 24.9 Å². The highest BCUT2D eigenvalue weighted by molar-refractivity contribution is 9.10. The molecule has 0 spiro atoms. The van der Waals surface area contributed by atoms with Crippen LogP contribution < -0.4 is 5.32 Å². The molecule has 0 unspecified atom stereocenters. The second-order valence-corrected chi connectivity index (χ2v) is 5.06. The van der Waals surface area contributed by atoms with Gasteiger partial charge in [0.2, 0.25) is 0 Å². The second-order valence-electron chi connectivity index (χ2n) is 4.21. The molecule has 94 valence electrons. The standard InChI is InChI=1S/C14H14BrFN2/c1-10-4-11(7-17-6-10)8-18-9-12-5-13(16)2-3-14(12)15/h2-7,18H,8-9H2,1H3. The van der Waals surface area contributed by atoms with Crippen LogP contribution in [0.15, 0.2) is 41.1 Å². The van der Waals surface area contributed by atoms with Crippen LogP contribution in [0.25, 0.3) is 0 Å². The highest BCUT2D eigenvalue weighted by atomic mass is 79.9. The number of rotatable bonds is 4. The van der Waals surface area contributed by atoms with Crippen LogP contribution in [0.5, 0.6) is 0 Å². The zero-order valence-corrected chi connectivity index (χ0v) is 11.7. The van der Waals surface area contributed by atoms with Gasteiger partial charge in [0.15, 0.2) is 0 Å². The molecular weight excluding hydrogens is 295 g/mol. The summed E-state index contributed by atoms with van der Waals surface area (Å²) in [6, 6.07) is 6.78. The molecule has 2 nitrogen and oxygen atoms in total. The summed E-state index contributed by atoms with van der Waals surface area (Å²) in [5.74, 6) is -0.216.